The molecule has 1 aromatic carbocycles. The molecule has 0 aliphatic rings. The van der Waals surface area contributed by atoms with Gasteiger partial charge in [0.2, 0.25) is 0 Å². The second-order valence-electron chi connectivity index (χ2n) is 3.48. The van der Waals surface area contributed by atoms with Crippen molar-refractivity contribution in [3.63, 3.8) is 0 Å². The number of nitrogens with zero attached hydrogens (tertiary/aromatic N) is 3. The van der Waals surface area contributed by atoms with Gasteiger partial charge in [-0.05, 0) is 18.2 Å². The summed E-state index contributed by atoms with van der Waals surface area (Å²) in [4.78, 5) is 0. The third kappa shape index (κ3) is 2.76. The predicted octanol–water partition coefficient (Wildman–Crippen LogP) is 3.68. The molecule has 2 rings (SSSR count). The molecule has 0 N–H and O–H groups in total. The number of aromatic nitrogens is 3. The highest BCUT2D eigenvalue weighted by Crippen LogP contribution is 2.32. The van der Waals surface area contributed by atoms with E-state index in [1.165, 1.54) is 16.9 Å². The summed E-state index contributed by atoms with van der Waals surface area (Å²) in [6, 6.07) is 3.16. The van der Waals surface area contributed by atoms with Gasteiger partial charge in [-0.3, -0.25) is 0 Å². The van der Waals surface area contributed by atoms with Gasteiger partial charge in [-0.1, -0.05) is 16.8 Å². The first-order valence-corrected chi connectivity index (χ1v) is 5.67. The number of benzene rings is 1. The summed E-state index contributed by atoms with van der Waals surface area (Å²) in [6.07, 6.45) is -3.02. The Kier molecular flexibility index (Phi) is 3.49. The summed E-state index contributed by atoms with van der Waals surface area (Å²) in [6.45, 7) is 0. The summed E-state index contributed by atoms with van der Waals surface area (Å²) in [7, 11) is 0. The van der Waals surface area contributed by atoms with Crippen LogP contribution in [0.1, 0.15) is 11.3 Å². The second-order valence-corrected chi connectivity index (χ2v) is 4.19. The van der Waals surface area contributed by atoms with Crippen LogP contribution < -0.4 is 0 Å². The van der Waals surface area contributed by atoms with Crippen LogP contribution in [0.4, 0.5) is 13.2 Å². The third-order valence-electron chi connectivity index (χ3n) is 2.15. The summed E-state index contributed by atoms with van der Waals surface area (Å²) in [5, 5.41) is 7.34. The molecule has 2 aromatic rings. The molecule has 8 heteroatoms. The maximum atomic E-state index is 12.6. The van der Waals surface area contributed by atoms with Gasteiger partial charge in [0.1, 0.15) is 0 Å². The van der Waals surface area contributed by atoms with Gasteiger partial charge >= 0.3 is 6.18 Å². The normalized spacial score (nSPS) is 11.8. The van der Waals surface area contributed by atoms with Crippen molar-refractivity contribution in [3.8, 4) is 5.69 Å². The Balaban J connectivity index is 2.48. The zero-order valence-electron chi connectivity index (χ0n) is 8.75. The number of hydrogen-bond donors (Lipinski definition) is 0. The summed E-state index contributed by atoms with van der Waals surface area (Å²) >= 11 is 11.2. The Morgan fingerprint density at radius 3 is 2.50 bits per heavy atom. The number of hydrogen-bond acceptors (Lipinski definition) is 2. The van der Waals surface area contributed by atoms with E-state index >= 15 is 0 Å². The summed E-state index contributed by atoms with van der Waals surface area (Å²) in [5.41, 5.74) is -0.197. The fourth-order valence-corrected chi connectivity index (χ4v) is 1.71. The second kappa shape index (κ2) is 4.78. The van der Waals surface area contributed by atoms with E-state index in [0.717, 1.165) is 12.1 Å². The van der Waals surface area contributed by atoms with E-state index in [2.05, 4.69) is 10.3 Å². The van der Waals surface area contributed by atoms with Crippen LogP contribution in [0.3, 0.4) is 0 Å². The zero-order chi connectivity index (χ0) is 13.3. The van der Waals surface area contributed by atoms with Crippen LogP contribution in [0, 0.1) is 0 Å². The lowest BCUT2D eigenvalue weighted by molar-refractivity contribution is -0.137. The zero-order valence-corrected chi connectivity index (χ0v) is 10.3. The molecule has 0 aliphatic heterocycles. The predicted molar refractivity (Wildman–Crippen MR) is 60.9 cm³/mol. The minimum Gasteiger partial charge on any atom is -0.220 e. The van der Waals surface area contributed by atoms with E-state index in [9.17, 15) is 13.2 Å². The van der Waals surface area contributed by atoms with Gasteiger partial charge in [0.05, 0.1) is 29.0 Å². The fraction of sp³-hybridized carbons (Fsp3) is 0.200. The largest absolute Gasteiger partial charge is 0.416 e. The molecule has 96 valence electrons. The van der Waals surface area contributed by atoms with Crippen molar-refractivity contribution in [1.29, 1.82) is 0 Å². The maximum absolute atomic E-state index is 12.6. The van der Waals surface area contributed by atoms with Crippen molar-refractivity contribution in [3.05, 3.63) is 40.7 Å². The molecule has 0 aliphatic carbocycles. The Bertz CT molecular complexity index is 566. The molecular weight excluding hydrogens is 290 g/mol. The van der Waals surface area contributed by atoms with Gasteiger partial charge in [0.15, 0.2) is 0 Å². The van der Waals surface area contributed by atoms with E-state index < -0.39 is 11.7 Å². The maximum Gasteiger partial charge on any atom is 0.416 e. The van der Waals surface area contributed by atoms with Crippen molar-refractivity contribution in [2.75, 3.05) is 0 Å². The first-order chi connectivity index (χ1) is 8.40. The van der Waals surface area contributed by atoms with E-state index in [1.54, 1.807) is 0 Å². The Hall–Kier alpha value is -1.27. The van der Waals surface area contributed by atoms with Crippen molar-refractivity contribution in [1.82, 2.24) is 15.0 Å². The molecular formula is C10H6Cl2F3N3. The molecule has 0 bridgehead atoms. The van der Waals surface area contributed by atoms with Crippen molar-refractivity contribution >= 4 is 23.2 Å². The van der Waals surface area contributed by atoms with Gasteiger partial charge in [-0.2, -0.15) is 13.2 Å². The molecule has 3 nitrogen and oxygen atoms in total. The third-order valence-corrected chi connectivity index (χ3v) is 2.64. The average Bonchev–Trinajstić information content (AvgIpc) is 2.75. The van der Waals surface area contributed by atoms with Gasteiger partial charge in [-0.15, -0.1) is 16.7 Å². The lowest BCUT2D eigenvalue weighted by Crippen LogP contribution is -2.06. The molecule has 0 saturated heterocycles. The van der Waals surface area contributed by atoms with Crippen LogP contribution >= 0.6 is 23.2 Å². The molecule has 0 saturated carbocycles. The molecule has 0 radical (unpaired) electrons. The van der Waals surface area contributed by atoms with Crippen molar-refractivity contribution in [2.24, 2.45) is 0 Å². The number of alkyl halides is 4. The molecule has 0 unspecified atom stereocenters. The van der Waals surface area contributed by atoms with Crippen LogP contribution in [-0.2, 0) is 12.1 Å². The summed E-state index contributed by atoms with van der Waals surface area (Å²) in [5.74, 6) is 0.132. The van der Waals surface area contributed by atoms with Crippen molar-refractivity contribution < 1.29 is 13.2 Å². The quantitative estimate of drug-likeness (QED) is 0.791. The van der Waals surface area contributed by atoms with E-state index in [0.29, 0.717) is 5.69 Å². The lowest BCUT2D eigenvalue weighted by atomic mass is 10.2. The topological polar surface area (TPSA) is 30.7 Å². The molecule has 18 heavy (non-hydrogen) atoms. The molecule has 0 spiro atoms. The van der Waals surface area contributed by atoms with Crippen LogP contribution in [-0.4, -0.2) is 15.0 Å². The first-order valence-electron chi connectivity index (χ1n) is 4.75. The molecule has 1 heterocycles. The van der Waals surface area contributed by atoms with E-state index in [4.69, 9.17) is 23.2 Å². The van der Waals surface area contributed by atoms with Crippen LogP contribution in [0.25, 0.3) is 5.69 Å². The van der Waals surface area contributed by atoms with Crippen LogP contribution in [0.15, 0.2) is 24.4 Å². The lowest BCUT2D eigenvalue weighted by Gasteiger charge is -2.09. The Morgan fingerprint density at radius 2 is 1.94 bits per heavy atom. The fourth-order valence-electron chi connectivity index (χ4n) is 1.36. The highest BCUT2D eigenvalue weighted by molar-refractivity contribution is 6.30. The minimum absolute atomic E-state index is 0.0252. The Labute approximate surface area is 110 Å². The average molecular weight is 296 g/mol. The Morgan fingerprint density at radius 1 is 1.22 bits per heavy atom. The van der Waals surface area contributed by atoms with Gasteiger partial charge in [-0.25, -0.2) is 4.68 Å². The first kappa shape index (κ1) is 13.2. The van der Waals surface area contributed by atoms with Gasteiger partial charge in [0, 0.05) is 5.02 Å². The van der Waals surface area contributed by atoms with Crippen molar-refractivity contribution in [2.45, 2.75) is 12.1 Å². The summed E-state index contributed by atoms with van der Waals surface area (Å²) < 4.78 is 39.0. The van der Waals surface area contributed by atoms with Crippen LogP contribution in [0.5, 0.6) is 0 Å². The molecule has 1 aromatic heterocycles. The highest BCUT2D eigenvalue weighted by Gasteiger charge is 2.31. The molecule has 0 atom stereocenters. The number of halogens is 5. The monoisotopic (exact) mass is 295 g/mol. The SMILES string of the molecule is FC(F)(F)c1cc(Cl)cc(-n2cc(CCl)nn2)c1. The minimum atomic E-state index is -4.46. The van der Waals surface area contributed by atoms with E-state index in [-0.39, 0.29) is 16.6 Å². The highest BCUT2D eigenvalue weighted by atomic mass is 35.5. The standard InChI is InChI=1S/C10H6Cl2F3N3/c11-4-8-5-18(17-16-8)9-2-6(10(13,14)15)1-7(12)3-9/h1-3,5H,4H2. The smallest absolute Gasteiger partial charge is 0.220 e. The molecule has 0 amide bonds. The number of rotatable bonds is 2. The van der Waals surface area contributed by atoms with E-state index in [1.807, 2.05) is 0 Å². The van der Waals surface area contributed by atoms with Gasteiger partial charge < -0.3 is 0 Å². The van der Waals surface area contributed by atoms with Gasteiger partial charge in [0.25, 0.3) is 0 Å². The van der Waals surface area contributed by atoms with Crippen LogP contribution in [0.2, 0.25) is 5.02 Å². The molecule has 0 fully saturated rings.